The smallest absolute Gasteiger partial charge is 0.332 e. The number of aromatic nitrogens is 1. The van der Waals surface area contributed by atoms with Crippen LogP contribution in [0.15, 0.2) is 60.9 Å². The van der Waals surface area contributed by atoms with E-state index in [-0.39, 0.29) is 23.4 Å². The Hall–Kier alpha value is -4.15. The van der Waals surface area contributed by atoms with E-state index in [4.69, 9.17) is 0 Å². The Morgan fingerprint density at radius 3 is 2.39 bits per heavy atom. The van der Waals surface area contributed by atoms with E-state index in [1.807, 2.05) is 31.2 Å². The molecule has 0 saturated carbocycles. The van der Waals surface area contributed by atoms with Gasteiger partial charge < -0.3 is 5.32 Å². The maximum atomic E-state index is 14.8. The van der Waals surface area contributed by atoms with E-state index >= 15 is 0 Å². The van der Waals surface area contributed by atoms with Crippen LogP contribution in [0, 0.1) is 5.82 Å². The summed E-state index contributed by atoms with van der Waals surface area (Å²) in [5.74, 6) is -1.58. The monoisotopic (exact) mass is 505 g/mol. The number of hydrazine groups is 1. The van der Waals surface area contributed by atoms with Crippen molar-refractivity contribution in [3.63, 3.8) is 0 Å². The van der Waals surface area contributed by atoms with Gasteiger partial charge in [0.05, 0.1) is 0 Å². The van der Waals surface area contributed by atoms with Gasteiger partial charge in [-0.25, -0.2) is 14.2 Å². The molecule has 7 nitrogen and oxygen atoms in total. The average Bonchev–Trinajstić information content (AvgIpc) is 2.85. The Kier molecular flexibility index (Phi) is 8.13. The van der Waals surface area contributed by atoms with E-state index in [1.165, 1.54) is 13.0 Å². The van der Waals surface area contributed by atoms with E-state index in [2.05, 4.69) is 10.7 Å². The quantitative estimate of drug-likeness (QED) is 0.200. The second-order valence-corrected chi connectivity index (χ2v) is 7.85. The van der Waals surface area contributed by atoms with E-state index in [9.17, 15) is 32.4 Å². The molecule has 0 unspecified atom stereocenters. The zero-order chi connectivity index (χ0) is 26.5. The number of aryl methyl sites for hydroxylation is 1. The van der Waals surface area contributed by atoms with Crippen LogP contribution in [0.2, 0.25) is 0 Å². The van der Waals surface area contributed by atoms with Gasteiger partial charge in [-0.15, -0.1) is 0 Å². The van der Waals surface area contributed by atoms with Crippen LogP contribution in [0.5, 0.6) is 0 Å². The first kappa shape index (κ1) is 26.5. The minimum atomic E-state index is -4.79. The van der Waals surface area contributed by atoms with Crippen LogP contribution in [-0.2, 0) is 19.1 Å². The van der Waals surface area contributed by atoms with Crippen LogP contribution in [0.3, 0.4) is 0 Å². The number of carbonyl (C=O) groups excluding carboxylic acids is 2. The van der Waals surface area contributed by atoms with Gasteiger partial charge in [-0.1, -0.05) is 43.3 Å². The molecule has 0 aliphatic carbocycles. The highest BCUT2D eigenvalue weighted by Gasteiger charge is 2.35. The zero-order valence-corrected chi connectivity index (χ0v) is 19.6. The van der Waals surface area contributed by atoms with E-state index in [0.717, 1.165) is 28.8 Å². The van der Waals surface area contributed by atoms with Gasteiger partial charge in [0, 0.05) is 23.4 Å². The summed E-state index contributed by atoms with van der Waals surface area (Å²) in [5.41, 5.74) is 3.30. The number of hydrogen-bond acceptors (Lipinski definition) is 3. The Bertz CT molecular complexity index is 1260. The predicted molar refractivity (Wildman–Crippen MR) is 122 cm³/mol. The van der Waals surface area contributed by atoms with Crippen molar-refractivity contribution in [3.8, 4) is 11.1 Å². The maximum Gasteiger partial charge on any atom is 0.422 e. The first-order chi connectivity index (χ1) is 17.0. The predicted octanol–water partition coefficient (Wildman–Crippen LogP) is 4.48. The number of nitrogens with one attached hydrogen (secondary N) is 2. The van der Waals surface area contributed by atoms with Crippen LogP contribution in [-0.4, -0.2) is 28.7 Å². The van der Waals surface area contributed by atoms with Crippen molar-refractivity contribution >= 4 is 11.9 Å². The molecule has 1 aromatic heterocycles. The number of alkyl halides is 3. The molecule has 1 heterocycles. The molecule has 0 bridgehead atoms. The number of pyridine rings is 1. The number of benzene rings is 2. The molecule has 0 atom stereocenters. The number of carbonyl (C=O) groups is 2. The van der Waals surface area contributed by atoms with Crippen molar-refractivity contribution in [2.45, 2.75) is 33.0 Å². The fourth-order valence-corrected chi connectivity index (χ4v) is 3.54. The second-order valence-electron chi connectivity index (χ2n) is 7.85. The molecular formula is C25H25F4N4O3+. The standard InChI is InChI=1S/C25H24F4N4O3/c1-3-16-7-5-6-8-21(16)17-9-10-18(22(26)12-17)13-30-24(35)33(4-2)31-23(34)19-11-20(25(27,28)29)15-32(36)14-19/h5-12,14-15H,3-4,13H2,1-2H3,(H2-,30,31,34,35,36)/p+1. The molecule has 3 rings (SSSR count). The lowest BCUT2D eigenvalue weighted by atomic mass is 9.97. The average molecular weight is 505 g/mol. The van der Waals surface area contributed by atoms with Gasteiger partial charge in [0.1, 0.15) is 16.9 Å². The highest BCUT2D eigenvalue weighted by molar-refractivity contribution is 5.94. The summed E-state index contributed by atoms with van der Waals surface area (Å²) in [5, 5.41) is 12.8. The highest BCUT2D eigenvalue weighted by Crippen LogP contribution is 2.28. The number of halogens is 4. The lowest BCUT2D eigenvalue weighted by Gasteiger charge is -2.22. The lowest BCUT2D eigenvalue weighted by molar-refractivity contribution is -0.905. The molecule has 0 fully saturated rings. The third-order valence-corrected chi connectivity index (χ3v) is 5.43. The third kappa shape index (κ3) is 6.29. The topological polar surface area (TPSA) is 85.6 Å². The van der Waals surface area contributed by atoms with Crippen molar-refractivity contribution in [2.24, 2.45) is 0 Å². The van der Waals surface area contributed by atoms with Crippen LogP contribution in [0.4, 0.5) is 22.4 Å². The molecule has 3 amide bonds. The van der Waals surface area contributed by atoms with E-state index in [1.54, 1.807) is 12.1 Å². The molecule has 0 spiro atoms. The lowest BCUT2D eigenvalue weighted by Crippen LogP contribution is -2.50. The molecule has 0 aliphatic heterocycles. The summed E-state index contributed by atoms with van der Waals surface area (Å²) in [6.45, 7) is 3.31. The Labute approximate surface area is 204 Å². The van der Waals surface area contributed by atoms with Crippen LogP contribution >= 0.6 is 0 Å². The molecular weight excluding hydrogens is 480 g/mol. The number of hydrogen-bond donors (Lipinski definition) is 3. The molecule has 190 valence electrons. The molecule has 36 heavy (non-hydrogen) atoms. The first-order valence-electron chi connectivity index (χ1n) is 11.1. The summed E-state index contributed by atoms with van der Waals surface area (Å²) in [4.78, 5) is 25.0. The SMILES string of the molecule is CCc1ccccc1-c1ccc(CNC(=O)N(CC)NC(=O)c2cc(C(F)(F)F)c[n+](O)c2)c(F)c1. The van der Waals surface area contributed by atoms with Crippen LogP contribution in [0.1, 0.15) is 40.9 Å². The molecule has 3 aromatic rings. The molecule has 3 N–H and O–H groups in total. The number of urea groups is 1. The summed E-state index contributed by atoms with van der Waals surface area (Å²) in [6, 6.07) is 12.1. The van der Waals surface area contributed by atoms with Crippen LogP contribution in [0.25, 0.3) is 11.1 Å². The van der Waals surface area contributed by atoms with E-state index < -0.39 is 35.1 Å². The van der Waals surface area contributed by atoms with Crippen molar-refractivity contribution in [1.29, 1.82) is 0 Å². The minimum absolute atomic E-state index is 0.0368. The van der Waals surface area contributed by atoms with Crippen LogP contribution < -0.4 is 15.5 Å². The van der Waals surface area contributed by atoms with E-state index in [0.29, 0.717) is 17.8 Å². The van der Waals surface area contributed by atoms with Crippen molar-refractivity contribution in [1.82, 2.24) is 15.8 Å². The Morgan fingerprint density at radius 2 is 1.75 bits per heavy atom. The molecule has 2 aromatic carbocycles. The van der Waals surface area contributed by atoms with Gasteiger partial charge >= 0.3 is 12.2 Å². The second kappa shape index (κ2) is 11.1. The number of rotatable bonds is 6. The van der Waals surface area contributed by atoms with Gasteiger partial charge in [-0.3, -0.25) is 15.4 Å². The Morgan fingerprint density at radius 1 is 1.03 bits per heavy atom. The van der Waals surface area contributed by atoms with Gasteiger partial charge in [-0.05, 0) is 42.2 Å². The first-order valence-corrected chi connectivity index (χ1v) is 11.1. The van der Waals surface area contributed by atoms with Gasteiger partial charge in [0.2, 0.25) is 12.4 Å². The summed E-state index contributed by atoms with van der Waals surface area (Å²) in [6.07, 6.45) is -2.83. The van der Waals surface area contributed by atoms with Crippen molar-refractivity contribution in [3.05, 3.63) is 89.0 Å². The normalized spacial score (nSPS) is 11.2. The highest BCUT2D eigenvalue weighted by atomic mass is 19.4. The number of nitrogens with zero attached hydrogens (tertiary/aromatic N) is 2. The van der Waals surface area contributed by atoms with Gasteiger partial charge in [0.15, 0.2) is 0 Å². The third-order valence-electron chi connectivity index (χ3n) is 5.43. The van der Waals surface area contributed by atoms with Crippen molar-refractivity contribution < 1.29 is 37.1 Å². The van der Waals surface area contributed by atoms with Gasteiger partial charge in [-0.2, -0.15) is 13.2 Å². The largest absolute Gasteiger partial charge is 0.422 e. The summed E-state index contributed by atoms with van der Waals surface area (Å²) < 4.78 is 53.7. The molecule has 0 saturated heterocycles. The maximum absolute atomic E-state index is 14.8. The fourth-order valence-electron chi connectivity index (χ4n) is 3.54. The minimum Gasteiger partial charge on any atom is -0.332 e. The molecule has 11 heteroatoms. The fraction of sp³-hybridized carbons (Fsp3) is 0.240. The molecule has 0 aliphatic rings. The Balaban J connectivity index is 1.67. The van der Waals surface area contributed by atoms with Crippen molar-refractivity contribution in [2.75, 3.05) is 6.54 Å². The molecule has 0 radical (unpaired) electrons. The summed E-state index contributed by atoms with van der Waals surface area (Å²) in [7, 11) is 0. The van der Waals surface area contributed by atoms with Gasteiger partial charge in [0.25, 0.3) is 5.91 Å². The number of amides is 3. The summed E-state index contributed by atoms with van der Waals surface area (Å²) >= 11 is 0. The zero-order valence-electron chi connectivity index (χ0n) is 19.6.